The molecule has 6 nitrogen and oxygen atoms in total. The van der Waals surface area contributed by atoms with Crippen LogP contribution in [0.25, 0.3) is 11.4 Å². The number of carbonyl (C=O) groups excluding carboxylic acids is 1. The number of amides is 1. The van der Waals surface area contributed by atoms with Gasteiger partial charge in [0.15, 0.2) is 5.82 Å². The van der Waals surface area contributed by atoms with E-state index in [1.807, 2.05) is 67.6 Å². The van der Waals surface area contributed by atoms with Gasteiger partial charge in [-0.3, -0.25) is 4.79 Å². The number of benzene rings is 2. The predicted octanol–water partition coefficient (Wildman–Crippen LogP) is 2.80. The second-order valence-electron chi connectivity index (χ2n) is 5.30. The summed E-state index contributed by atoms with van der Waals surface area (Å²) in [5, 5.41) is 8.74. The molecule has 25 heavy (non-hydrogen) atoms. The number of rotatable bonds is 6. The van der Waals surface area contributed by atoms with Crippen molar-refractivity contribution in [3.63, 3.8) is 0 Å². The molecule has 3 aromatic rings. The lowest BCUT2D eigenvalue weighted by Crippen LogP contribution is -2.32. The fourth-order valence-corrected chi connectivity index (χ4v) is 3.21. The third-order valence-corrected chi connectivity index (χ3v) is 4.63. The highest BCUT2D eigenvalue weighted by atomic mass is 32.2. The Morgan fingerprint density at radius 1 is 1.08 bits per heavy atom. The SMILES string of the molecule is CCN(C(=O)CSc1nnc(-c2ccccc2)n1N)c1ccccc1. The molecule has 0 spiro atoms. The summed E-state index contributed by atoms with van der Waals surface area (Å²) in [6.07, 6.45) is 0. The zero-order chi connectivity index (χ0) is 17.6. The fraction of sp³-hybridized carbons (Fsp3) is 0.167. The number of hydrogen-bond acceptors (Lipinski definition) is 5. The van der Waals surface area contributed by atoms with E-state index in [0.717, 1.165) is 11.3 Å². The van der Waals surface area contributed by atoms with E-state index in [-0.39, 0.29) is 11.7 Å². The van der Waals surface area contributed by atoms with E-state index in [1.165, 1.54) is 16.4 Å². The minimum absolute atomic E-state index is 0.00274. The number of aromatic nitrogens is 3. The molecule has 128 valence electrons. The van der Waals surface area contributed by atoms with Crippen LogP contribution in [0.2, 0.25) is 0 Å². The molecule has 3 rings (SSSR count). The molecule has 0 saturated carbocycles. The average molecular weight is 353 g/mol. The maximum Gasteiger partial charge on any atom is 0.237 e. The Labute approximate surface area is 150 Å². The second kappa shape index (κ2) is 7.85. The maximum atomic E-state index is 12.5. The lowest BCUT2D eigenvalue weighted by atomic mass is 10.2. The average Bonchev–Trinajstić information content (AvgIpc) is 3.03. The number of para-hydroxylation sites is 1. The molecule has 2 N–H and O–H groups in total. The largest absolute Gasteiger partial charge is 0.335 e. The highest BCUT2D eigenvalue weighted by Crippen LogP contribution is 2.22. The maximum absolute atomic E-state index is 12.5. The number of nitrogen functional groups attached to an aromatic ring is 1. The monoisotopic (exact) mass is 353 g/mol. The molecule has 0 aliphatic heterocycles. The standard InChI is InChI=1S/C18H19N5OS/c1-2-22(15-11-7-4-8-12-15)16(24)13-25-18-21-20-17(23(18)19)14-9-5-3-6-10-14/h3-12H,2,13,19H2,1H3. The van der Waals surface area contributed by atoms with E-state index in [9.17, 15) is 4.79 Å². The van der Waals surface area contributed by atoms with Crippen LogP contribution in [-0.2, 0) is 4.79 Å². The first-order chi connectivity index (χ1) is 12.2. The van der Waals surface area contributed by atoms with Crippen LogP contribution in [0.15, 0.2) is 65.8 Å². The Kier molecular flexibility index (Phi) is 5.35. The predicted molar refractivity (Wildman–Crippen MR) is 101 cm³/mol. The van der Waals surface area contributed by atoms with Crippen molar-refractivity contribution in [2.24, 2.45) is 0 Å². The van der Waals surface area contributed by atoms with Gasteiger partial charge in [0, 0.05) is 17.8 Å². The van der Waals surface area contributed by atoms with Crippen LogP contribution < -0.4 is 10.7 Å². The van der Waals surface area contributed by atoms with Gasteiger partial charge in [0.25, 0.3) is 0 Å². The topological polar surface area (TPSA) is 77.0 Å². The van der Waals surface area contributed by atoms with Gasteiger partial charge in [-0.05, 0) is 19.1 Å². The Morgan fingerprint density at radius 2 is 1.72 bits per heavy atom. The van der Waals surface area contributed by atoms with Gasteiger partial charge in [-0.15, -0.1) is 10.2 Å². The van der Waals surface area contributed by atoms with Gasteiger partial charge >= 0.3 is 0 Å². The van der Waals surface area contributed by atoms with Gasteiger partial charge in [0.05, 0.1) is 5.75 Å². The van der Waals surface area contributed by atoms with Crippen LogP contribution in [0.4, 0.5) is 5.69 Å². The first-order valence-corrected chi connectivity index (χ1v) is 8.93. The lowest BCUT2D eigenvalue weighted by Gasteiger charge is -2.20. The number of hydrogen-bond donors (Lipinski definition) is 1. The molecule has 1 amide bonds. The summed E-state index contributed by atoms with van der Waals surface area (Å²) in [7, 11) is 0. The smallest absolute Gasteiger partial charge is 0.237 e. The quantitative estimate of drug-likeness (QED) is 0.545. The molecule has 0 radical (unpaired) electrons. The number of nitrogens with two attached hydrogens (primary N) is 1. The van der Waals surface area contributed by atoms with Crippen molar-refractivity contribution in [3.8, 4) is 11.4 Å². The van der Waals surface area contributed by atoms with E-state index in [1.54, 1.807) is 4.90 Å². The van der Waals surface area contributed by atoms with E-state index in [4.69, 9.17) is 5.84 Å². The molecule has 0 atom stereocenters. The highest BCUT2D eigenvalue weighted by molar-refractivity contribution is 7.99. The zero-order valence-corrected chi connectivity index (χ0v) is 14.7. The molecule has 0 aliphatic carbocycles. The number of nitrogens with zero attached hydrogens (tertiary/aromatic N) is 4. The molecule has 0 aliphatic rings. The summed E-state index contributed by atoms with van der Waals surface area (Å²) in [4.78, 5) is 14.3. The third kappa shape index (κ3) is 3.83. The van der Waals surface area contributed by atoms with Crippen LogP contribution in [0, 0.1) is 0 Å². The van der Waals surface area contributed by atoms with Crippen LogP contribution >= 0.6 is 11.8 Å². The normalized spacial score (nSPS) is 10.6. The summed E-state index contributed by atoms with van der Waals surface area (Å²) in [5.41, 5.74) is 1.77. The number of carbonyl (C=O) groups is 1. The first kappa shape index (κ1) is 17.0. The van der Waals surface area contributed by atoms with Crippen LogP contribution in [-0.4, -0.2) is 33.1 Å². The zero-order valence-electron chi connectivity index (χ0n) is 13.9. The molecule has 0 bridgehead atoms. The minimum Gasteiger partial charge on any atom is -0.335 e. The summed E-state index contributed by atoms with van der Waals surface area (Å²) in [6.45, 7) is 2.56. The number of thioether (sulfide) groups is 1. The van der Waals surface area contributed by atoms with E-state index < -0.39 is 0 Å². The van der Waals surface area contributed by atoms with Crippen LogP contribution in [0.5, 0.6) is 0 Å². The molecule has 0 saturated heterocycles. The first-order valence-electron chi connectivity index (χ1n) is 7.95. The van der Waals surface area contributed by atoms with Gasteiger partial charge in [-0.2, -0.15) is 0 Å². The molecule has 1 heterocycles. The summed E-state index contributed by atoms with van der Waals surface area (Å²) in [6, 6.07) is 19.2. The molecule has 0 fully saturated rings. The van der Waals surface area contributed by atoms with Crippen LogP contribution in [0.1, 0.15) is 6.92 Å². The number of anilines is 1. The van der Waals surface area contributed by atoms with Gasteiger partial charge in [-0.1, -0.05) is 60.3 Å². The van der Waals surface area contributed by atoms with Crippen molar-refractivity contribution >= 4 is 23.4 Å². The van der Waals surface area contributed by atoms with Crippen molar-refractivity contribution in [2.75, 3.05) is 23.0 Å². The Morgan fingerprint density at radius 3 is 2.36 bits per heavy atom. The highest BCUT2D eigenvalue weighted by Gasteiger charge is 2.17. The Hall–Kier alpha value is -2.80. The van der Waals surface area contributed by atoms with Gasteiger partial charge in [-0.25, -0.2) is 4.68 Å². The summed E-state index contributed by atoms with van der Waals surface area (Å²) >= 11 is 1.28. The van der Waals surface area contributed by atoms with Gasteiger partial charge in [0.1, 0.15) is 0 Å². The van der Waals surface area contributed by atoms with Gasteiger partial charge in [0.2, 0.25) is 11.1 Å². The van der Waals surface area contributed by atoms with Crippen LogP contribution in [0.3, 0.4) is 0 Å². The van der Waals surface area contributed by atoms with Crippen molar-refractivity contribution in [1.82, 2.24) is 14.9 Å². The minimum atomic E-state index is 0.00274. The van der Waals surface area contributed by atoms with E-state index >= 15 is 0 Å². The van der Waals surface area contributed by atoms with E-state index in [2.05, 4.69) is 10.2 Å². The molecule has 2 aromatic carbocycles. The second-order valence-corrected chi connectivity index (χ2v) is 6.25. The van der Waals surface area contributed by atoms with Crippen molar-refractivity contribution in [1.29, 1.82) is 0 Å². The Balaban J connectivity index is 1.69. The van der Waals surface area contributed by atoms with Gasteiger partial charge < -0.3 is 10.7 Å². The van der Waals surface area contributed by atoms with Crippen molar-refractivity contribution < 1.29 is 4.79 Å². The lowest BCUT2D eigenvalue weighted by molar-refractivity contribution is -0.116. The fourth-order valence-electron chi connectivity index (χ4n) is 2.47. The molecular weight excluding hydrogens is 334 g/mol. The van der Waals surface area contributed by atoms with Crippen molar-refractivity contribution in [2.45, 2.75) is 12.1 Å². The van der Waals surface area contributed by atoms with Crippen molar-refractivity contribution in [3.05, 3.63) is 60.7 Å². The molecular formula is C18H19N5OS. The summed E-state index contributed by atoms with van der Waals surface area (Å²) < 4.78 is 1.42. The Bertz CT molecular complexity index is 835. The third-order valence-electron chi connectivity index (χ3n) is 3.71. The molecule has 0 unspecified atom stereocenters. The molecule has 1 aromatic heterocycles. The molecule has 7 heteroatoms. The summed E-state index contributed by atoms with van der Waals surface area (Å²) in [5.74, 6) is 6.91. The van der Waals surface area contributed by atoms with E-state index in [0.29, 0.717) is 17.5 Å².